The second-order valence-corrected chi connectivity index (χ2v) is 7.06. The lowest BCUT2D eigenvalue weighted by molar-refractivity contribution is 0.659. The molecule has 134 valence electrons. The number of nitrogens with one attached hydrogen (secondary N) is 2. The molecule has 4 nitrogen and oxygen atoms in total. The molecule has 0 saturated carbocycles. The van der Waals surface area contributed by atoms with Crippen LogP contribution in [0.1, 0.15) is 17.0 Å². The number of benzene rings is 2. The van der Waals surface area contributed by atoms with Crippen molar-refractivity contribution in [3.05, 3.63) is 75.5 Å². The SMILES string of the molecule is Cc1nn(Cc2ccccc2)c(C)c1NC(=S)Nc1cccc(Cl)c1Cl. The molecule has 0 atom stereocenters. The Balaban J connectivity index is 1.75. The highest BCUT2D eigenvalue weighted by molar-refractivity contribution is 7.80. The van der Waals surface area contributed by atoms with E-state index < -0.39 is 0 Å². The van der Waals surface area contributed by atoms with E-state index in [0.29, 0.717) is 27.4 Å². The van der Waals surface area contributed by atoms with E-state index in [1.54, 1.807) is 6.07 Å². The quantitative estimate of drug-likeness (QED) is 0.550. The van der Waals surface area contributed by atoms with E-state index >= 15 is 0 Å². The number of hydrogen-bond acceptors (Lipinski definition) is 2. The first-order chi connectivity index (χ1) is 12.5. The van der Waals surface area contributed by atoms with Crippen LogP contribution in [0.4, 0.5) is 11.4 Å². The van der Waals surface area contributed by atoms with Crippen molar-refractivity contribution < 1.29 is 0 Å². The summed E-state index contributed by atoms with van der Waals surface area (Å²) in [7, 11) is 0. The third-order valence-electron chi connectivity index (χ3n) is 3.99. The molecule has 1 aromatic heterocycles. The molecule has 0 unspecified atom stereocenters. The molecular formula is C19H18Cl2N4S. The summed E-state index contributed by atoms with van der Waals surface area (Å²) in [6.07, 6.45) is 0. The van der Waals surface area contributed by atoms with Crippen LogP contribution in [0.25, 0.3) is 0 Å². The second-order valence-electron chi connectivity index (χ2n) is 5.87. The molecule has 26 heavy (non-hydrogen) atoms. The summed E-state index contributed by atoms with van der Waals surface area (Å²) in [5.74, 6) is 0. The minimum atomic E-state index is 0.430. The van der Waals surface area contributed by atoms with Gasteiger partial charge in [0, 0.05) is 0 Å². The monoisotopic (exact) mass is 404 g/mol. The summed E-state index contributed by atoms with van der Waals surface area (Å²) >= 11 is 17.7. The number of halogens is 2. The first-order valence-corrected chi connectivity index (χ1v) is 9.22. The number of rotatable bonds is 4. The summed E-state index contributed by atoms with van der Waals surface area (Å²) in [5, 5.41) is 12.3. The van der Waals surface area contributed by atoms with Crippen LogP contribution in [0.3, 0.4) is 0 Å². The van der Waals surface area contributed by atoms with Crippen LogP contribution in [0.2, 0.25) is 10.0 Å². The van der Waals surface area contributed by atoms with Crippen molar-refractivity contribution in [3.8, 4) is 0 Å². The van der Waals surface area contributed by atoms with E-state index in [4.69, 9.17) is 35.4 Å². The Morgan fingerprint density at radius 2 is 1.77 bits per heavy atom. The van der Waals surface area contributed by atoms with Crippen molar-refractivity contribution in [3.63, 3.8) is 0 Å². The lowest BCUT2D eigenvalue weighted by Crippen LogP contribution is -2.20. The van der Waals surface area contributed by atoms with E-state index in [1.807, 2.05) is 48.9 Å². The summed E-state index contributed by atoms with van der Waals surface area (Å²) in [6, 6.07) is 15.6. The van der Waals surface area contributed by atoms with Gasteiger partial charge in [-0.2, -0.15) is 5.10 Å². The van der Waals surface area contributed by atoms with Gasteiger partial charge < -0.3 is 10.6 Å². The summed E-state index contributed by atoms with van der Waals surface area (Å²) in [5.41, 5.74) is 4.61. The molecule has 2 aromatic carbocycles. The number of aromatic nitrogens is 2. The number of hydrogen-bond donors (Lipinski definition) is 2. The molecule has 0 radical (unpaired) electrons. The smallest absolute Gasteiger partial charge is 0.175 e. The van der Waals surface area contributed by atoms with E-state index in [-0.39, 0.29) is 0 Å². The molecular weight excluding hydrogens is 387 g/mol. The van der Waals surface area contributed by atoms with Gasteiger partial charge in [-0.05, 0) is 43.8 Å². The predicted molar refractivity (Wildman–Crippen MR) is 114 cm³/mol. The van der Waals surface area contributed by atoms with Crippen LogP contribution in [-0.2, 0) is 6.54 Å². The fourth-order valence-corrected chi connectivity index (χ4v) is 3.22. The maximum Gasteiger partial charge on any atom is 0.175 e. The zero-order chi connectivity index (χ0) is 18.7. The van der Waals surface area contributed by atoms with Crippen molar-refractivity contribution in [1.82, 2.24) is 9.78 Å². The van der Waals surface area contributed by atoms with E-state index in [0.717, 1.165) is 17.1 Å². The van der Waals surface area contributed by atoms with Gasteiger partial charge in [0.1, 0.15) is 0 Å². The van der Waals surface area contributed by atoms with E-state index in [1.165, 1.54) is 5.56 Å². The zero-order valence-corrected chi connectivity index (χ0v) is 16.7. The minimum Gasteiger partial charge on any atom is -0.331 e. The minimum absolute atomic E-state index is 0.430. The summed E-state index contributed by atoms with van der Waals surface area (Å²) in [6.45, 7) is 4.67. The lowest BCUT2D eigenvalue weighted by atomic mass is 10.2. The maximum absolute atomic E-state index is 6.20. The Labute approximate surface area is 168 Å². The van der Waals surface area contributed by atoms with Crippen LogP contribution in [0.5, 0.6) is 0 Å². The molecule has 0 bridgehead atoms. The Bertz CT molecular complexity index is 938. The number of thiocarbonyl (C=S) groups is 1. The van der Waals surface area contributed by atoms with Gasteiger partial charge in [-0.25, -0.2) is 0 Å². The molecule has 3 rings (SSSR count). The van der Waals surface area contributed by atoms with Crippen molar-refractivity contribution in [2.45, 2.75) is 20.4 Å². The molecule has 0 amide bonds. The highest BCUT2D eigenvalue weighted by Crippen LogP contribution is 2.30. The van der Waals surface area contributed by atoms with E-state index in [2.05, 4.69) is 27.9 Å². The van der Waals surface area contributed by atoms with E-state index in [9.17, 15) is 0 Å². The fraction of sp³-hybridized carbons (Fsp3) is 0.158. The molecule has 0 aliphatic carbocycles. The summed E-state index contributed by atoms with van der Waals surface area (Å²) < 4.78 is 1.96. The van der Waals surface area contributed by atoms with Crippen molar-refractivity contribution in [2.75, 3.05) is 10.6 Å². The molecule has 0 fully saturated rings. The van der Waals surface area contributed by atoms with Crippen LogP contribution >= 0.6 is 35.4 Å². The predicted octanol–water partition coefficient (Wildman–Crippen LogP) is 5.66. The lowest BCUT2D eigenvalue weighted by Gasteiger charge is -2.13. The fourth-order valence-electron chi connectivity index (χ4n) is 2.66. The standard InChI is InChI=1S/C19H18Cl2N4S/c1-12-18(13(2)25(24-12)11-14-7-4-3-5-8-14)23-19(26)22-16-10-6-9-15(20)17(16)21/h3-10H,11H2,1-2H3,(H2,22,23,26). The third kappa shape index (κ3) is 4.18. The van der Waals surface area contributed by atoms with Crippen molar-refractivity contribution in [2.24, 2.45) is 0 Å². The molecule has 0 saturated heterocycles. The number of nitrogens with zero attached hydrogens (tertiary/aromatic N) is 2. The molecule has 2 N–H and O–H groups in total. The van der Waals surface area contributed by atoms with Crippen LogP contribution in [0.15, 0.2) is 48.5 Å². The highest BCUT2D eigenvalue weighted by Gasteiger charge is 2.14. The molecule has 7 heteroatoms. The molecule has 0 spiro atoms. The Kier molecular flexibility index (Phi) is 5.81. The Morgan fingerprint density at radius 3 is 2.50 bits per heavy atom. The average Bonchev–Trinajstić information content (AvgIpc) is 2.87. The normalized spacial score (nSPS) is 10.6. The third-order valence-corrected chi connectivity index (χ3v) is 5.02. The van der Waals surface area contributed by atoms with Gasteiger partial charge in [-0.1, -0.05) is 59.6 Å². The first kappa shape index (κ1) is 18.7. The van der Waals surface area contributed by atoms with Gasteiger partial charge in [0.15, 0.2) is 5.11 Å². The van der Waals surface area contributed by atoms with Crippen LogP contribution < -0.4 is 10.6 Å². The maximum atomic E-state index is 6.20. The zero-order valence-electron chi connectivity index (χ0n) is 14.4. The molecule has 3 aromatic rings. The van der Waals surface area contributed by atoms with Crippen LogP contribution in [0, 0.1) is 13.8 Å². The highest BCUT2D eigenvalue weighted by atomic mass is 35.5. The number of anilines is 2. The van der Waals surface area contributed by atoms with Crippen molar-refractivity contribution in [1.29, 1.82) is 0 Å². The molecule has 1 heterocycles. The molecule has 0 aliphatic rings. The Hall–Kier alpha value is -2.08. The molecule has 0 aliphatic heterocycles. The second kappa shape index (κ2) is 8.08. The number of aryl methyl sites for hydroxylation is 1. The summed E-state index contributed by atoms with van der Waals surface area (Å²) in [4.78, 5) is 0. The van der Waals surface area contributed by atoms with Gasteiger partial charge in [0.2, 0.25) is 0 Å². The van der Waals surface area contributed by atoms with Gasteiger partial charge in [-0.3, -0.25) is 4.68 Å². The van der Waals surface area contributed by atoms with Gasteiger partial charge in [0.25, 0.3) is 0 Å². The largest absolute Gasteiger partial charge is 0.331 e. The topological polar surface area (TPSA) is 41.9 Å². The van der Waals surface area contributed by atoms with Gasteiger partial charge in [-0.15, -0.1) is 0 Å². The van der Waals surface area contributed by atoms with Gasteiger partial charge in [0.05, 0.1) is 39.4 Å². The van der Waals surface area contributed by atoms with Crippen LogP contribution in [-0.4, -0.2) is 14.9 Å². The average molecular weight is 405 g/mol. The van der Waals surface area contributed by atoms with Crippen molar-refractivity contribution >= 4 is 51.9 Å². The van der Waals surface area contributed by atoms with Gasteiger partial charge >= 0.3 is 0 Å². The first-order valence-electron chi connectivity index (χ1n) is 8.05. The Morgan fingerprint density at radius 1 is 1.04 bits per heavy atom.